The molecule has 1 aromatic heterocycles. The fourth-order valence-corrected chi connectivity index (χ4v) is 3.59. The molecular formula is C24H31N3. The second-order valence-corrected chi connectivity index (χ2v) is 7.92. The van der Waals surface area contributed by atoms with E-state index in [9.17, 15) is 0 Å². The number of hydrogen-bond donors (Lipinski definition) is 1. The highest BCUT2D eigenvalue weighted by Crippen LogP contribution is 2.35. The Balaban J connectivity index is 2.01. The standard InChI is InChI=1S/C24H31N3/c1-17(2)20-12-9-13-21(18(3)4)24(20)25-23(22-14-15-27(5)26-22)16-19-10-7-6-8-11-19/h6-15,17-18,23,25H,16H2,1-5H3. The minimum Gasteiger partial charge on any atom is -0.376 e. The van der Waals surface area contributed by atoms with Crippen LogP contribution in [-0.4, -0.2) is 9.78 Å². The van der Waals surface area contributed by atoms with Crippen LogP contribution in [0.4, 0.5) is 5.69 Å². The summed E-state index contributed by atoms with van der Waals surface area (Å²) in [6, 6.07) is 19.6. The van der Waals surface area contributed by atoms with E-state index in [4.69, 9.17) is 5.10 Å². The summed E-state index contributed by atoms with van der Waals surface area (Å²) in [5, 5.41) is 8.59. The normalized spacial score (nSPS) is 12.6. The summed E-state index contributed by atoms with van der Waals surface area (Å²) in [4.78, 5) is 0. The van der Waals surface area contributed by atoms with E-state index in [2.05, 4.69) is 87.6 Å². The molecule has 1 heterocycles. The third kappa shape index (κ3) is 4.60. The van der Waals surface area contributed by atoms with Gasteiger partial charge in [-0.2, -0.15) is 5.10 Å². The first kappa shape index (κ1) is 19.2. The first-order valence-electron chi connectivity index (χ1n) is 9.88. The second kappa shape index (κ2) is 8.43. The molecule has 0 aliphatic heterocycles. The van der Waals surface area contributed by atoms with Gasteiger partial charge in [-0.3, -0.25) is 4.68 Å². The van der Waals surface area contributed by atoms with Crippen molar-refractivity contribution in [3.8, 4) is 0 Å². The van der Waals surface area contributed by atoms with Crippen LogP contribution >= 0.6 is 0 Å². The third-order valence-corrected chi connectivity index (χ3v) is 5.07. The van der Waals surface area contributed by atoms with E-state index < -0.39 is 0 Å². The second-order valence-electron chi connectivity index (χ2n) is 7.92. The SMILES string of the molecule is CC(C)c1cccc(C(C)C)c1NC(Cc1ccccc1)c1ccn(C)n1. The predicted octanol–water partition coefficient (Wildman–Crippen LogP) is 6.06. The number of aromatic nitrogens is 2. The lowest BCUT2D eigenvalue weighted by Gasteiger charge is -2.26. The fourth-order valence-electron chi connectivity index (χ4n) is 3.59. The number of nitrogens with zero attached hydrogens (tertiary/aromatic N) is 2. The summed E-state index contributed by atoms with van der Waals surface area (Å²) < 4.78 is 1.88. The molecule has 0 amide bonds. The van der Waals surface area contributed by atoms with Crippen molar-refractivity contribution in [3.05, 3.63) is 83.2 Å². The van der Waals surface area contributed by atoms with Crippen molar-refractivity contribution < 1.29 is 0 Å². The molecule has 0 aliphatic carbocycles. The first-order valence-corrected chi connectivity index (χ1v) is 9.88. The molecule has 0 saturated heterocycles. The van der Waals surface area contributed by atoms with Gasteiger partial charge in [0.25, 0.3) is 0 Å². The van der Waals surface area contributed by atoms with Gasteiger partial charge in [-0.1, -0.05) is 76.2 Å². The van der Waals surface area contributed by atoms with Crippen LogP contribution in [0.15, 0.2) is 60.8 Å². The highest BCUT2D eigenvalue weighted by molar-refractivity contribution is 5.61. The zero-order valence-electron chi connectivity index (χ0n) is 17.1. The van der Waals surface area contributed by atoms with Crippen LogP contribution < -0.4 is 5.32 Å². The minimum atomic E-state index is 0.131. The molecule has 1 N–H and O–H groups in total. The van der Waals surface area contributed by atoms with Gasteiger partial charge in [0.2, 0.25) is 0 Å². The zero-order valence-corrected chi connectivity index (χ0v) is 17.1. The van der Waals surface area contributed by atoms with Crippen LogP contribution in [0.1, 0.15) is 68.0 Å². The van der Waals surface area contributed by atoms with E-state index in [1.807, 2.05) is 17.9 Å². The number of aryl methyl sites for hydroxylation is 1. The quantitative estimate of drug-likeness (QED) is 0.554. The molecule has 3 aromatic rings. The van der Waals surface area contributed by atoms with E-state index in [0.717, 1.165) is 12.1 Å². The van der Waals surface area contributed by atoms with E-state index >= 15 is 0 Å². The molecule has 1 atom stereocenters. The van der Waals surface area contributed by atoms with E-state index in [0.29, 0.717) is 11.8 Å². The van der Waals surface area contributed by atoms with Gasteiger partial charge in [-0.15, -0.1) is 0 Å². The van der Waals surface area contributed by atoms with Gasteiger partial charge in [0.05, 0.1) is 11.7 Å². The molecule has 0 saturated carbocycles. The summed E-state index contributed by atoms with van der Waals surface area (Å²) in [6.07, 6.45) is 2.93. The summed E-state index contributed by atoms with van der Waals surface area (Å²) >= 11 is 0. The Morgan fingerprint density at radius 1 is 0.852 bits per heavy atom. The largest absolute Gasteiger partial charge is 0.376 e. The zero-order chi connectivity index (χ0) is 19.4. The molecule has 2 aromatic carbocycles. The van der Waals surface area contributed by atoms with Crippen LogP contribution in [0.5, 0.6) is 0 Å². The van der Waals surface area contributed by atoms with Gasteiger partial charge in [0.15, 0.2) is 0 Å². The predicted molar refractivity (Wildman–Crippen MR) is 114 cm³/mol. The van der Waals surface area contributed by atoms with Crippen molar-refractivity contribution in [1.82, 2.24) is 9.78 Å². The van der Waals surface area contributed by atoms with E-state index in [-0.39, 0.29) is 6.04 Å². The summed E-state index contributed by atoms with van der Waals surface area (Å²) in [5.74, 6) is 0.930. The molecule has 3 nitrogen and oxygen atoms in total. The third-order valence-electron chi connectivity index (χ3n) is 5.07. The lowest BCUT2D eigenvalue weighted by Crippen LogP contribution is -2.18. The highest BCUT2D eigenvalue weighted by Gasteiger charge is 2.20. The van der Waals surface area contributed by atoms with Crippen LogP contribution in [0.3, 0.4) is 0 Å². The average molecular weight is 362 g/mol. The van der Waals surface area contributed by atoms with Gasteiger partial charge in [0, 0.05) is 18.9 Å². The Labute approximate surface area is 163 Å². The smallest absolute Gasteiger partial charge is 0.0850 e. The number of rotatable bonds is 7. The molecule has 27 heavy (non-hydrogen) atoms. The maximum atomic E-state index is 4.71. The molecule has 0 aliphatic rings. The number of hydrogen-bond acceptors (Lipinski definition) is 2. The summed E-state index contributed by atoms with van der Waals surface area (Å²) in [5.41, 5.74) is 6.41. The molecule has 0 fully saturated rings. The molecule has 142 valence electrons. The van der Waals surface area contributed by atoms with E-state index in [1.165, 1.54) is 22.4 Å². The molecule has 3 heteroatoms. The van der Waals surface area contributed by atoms with Crippen LogP contribution in [0.25, 0.3) is 0 Å². The molecule has 0 spiro atoms. The summed E-state index contributed by atoms with van der Waals surface area (Å²) in [7, 11) is 1.98. The molecule has 1 unspecified atom stereocenters. The van der Waals surface area contributed by atoms with Crippen LogP contribution in [0, 0.1) is 0 Å². The molecule has 0 radical (unpaired) electrons. The number of anilines is 1. The van der Waals surface area contributed by atoms with Crippen LogP contribution in [-0.2, 0) is 13.5 Å². The van der Waals surface area contributed by atoms with Crippen molar-refractivity contribution >= 4 is 5.69 Å². The van der Waals surface area contributed by atoms with Gasteiger partial charge in [-0.05, 0) is 41.0 Å². The highest BCUT2D eigenvalue weighted by atomic mass is 15.3. The van der Waals surface area contributed by atoms with Crippen molar-refractivity contribution in [2.24, 2.45) is 7.05 Å². The fraction of sp³-hybridized carbons (Fsp3) is 0.375. The lowest BCUT2D eigenvalue weighted by atomic mass is 9.91. The Bertz CT molecular complexity index is 836. The molecule has 0 bridgehead atoms. The Morgan fingerprint density at radius 3 is 2.00 bits per heavy atom. The molecular weight excluding hydrogens is 330 g/mol. The monoisotopic (exact) mass is 361 g/mol. The maximum Gasteiger partial charge on any atom is 0.0850 e. The minimum absolute atomic E-state index is 0.131. The average Bonchev–Trinajstić information content (AvgIpc) is 3.08. The van der Waals surface area contributed by atoms with Crippen molar-refractivity contribution in [2.45, 2.75) is 52.0 Å². The lowest BCUT2D eigenvalue weighted by molar-refractivity contribution is 0.683. The number of nitrogens with one attached hydrogen (secondary N) is 1. The van der Waals surface area contributed by atoms with Crippen molar-refractivity contribution in [3.63, 3.8) is 0 Å². The topological polar surface area (TPSA) is 29.9 Å². The maximum absolute atomic E-state index is 4.71. The van der Waals surface area contributed by atoms with Gasteiger partial charge >= 0.3 is 0 Å². The van der Waals surface area contributed by atoms with Gasteiger partial charge in [0.1, 0.15) is 0 Å². The number of benzene rings is 2. The first-order chi connectivity index (χ1) is 13.0. The van der Waals surface area contributed by atoms with Gasteiger partial charge < -0.3 is 5.32 Å². The number of para-hydroxylation sites is 1. The molecule has 3 rings (SSSR count). The van der Waals surface area contributed by atoms with Crippen molar-refractivity contribution in [2.75, 3.05) is 5.32 Å². The van der Waals surface area contributed by atoms with Crippen molar-refractivity contribution in [1.29, 1.82) is 0 Å². The summed E-state index contributed by atoms with van der Waals surface area (Å²) in [6.45, 7) is 9.05. The van der Waals surface area contributed by atoms with E-state index in [1.54, 1.807) is 0 Å². The Hall–Kier alpha value is -2.55. The Kier molecular flexibility index (Phi) is 6.00. The van der Waals surface area contributed by atoms with Gasteiger partial charge in [-0.25, -0.2) is 0 Å². The van der Waals surface area contributed by atoms with Crippen LogP contribution in [0.2, 0.25) is 0 Å². The Morgan fingerprint density at radius 2 is 1.48 bits per heavy atom.